The molecule has 1 amide bonds. The first-order valence-electron chi connectivity index (χ1n) is 7.34. The van der Waals surface area contributed by atoms with E-state index < -0.39 is 30.1 Å². The fourth-order valence-electron chi connectivity index (χ4n) is 2.35. The second kappa shape index (κ2) is 8.17. The molecule has 124 valence electrons. The molecular formula is C16H22F3NO2. The van der Waals surface area contributed by atoms with Crippen molar-refractivity contribution in [1.29, 1.82) is 0 Å². The zero-order valence-electron chi connectivity index (χ0n) is 13.0. The van der Waals surface area contributed by atoms with Crippen LogP contribution in [-0.2, 0) is 4.79 Å². The summed E-state index contributed by atoms with van der Waals surface area (Å²) in [6.45, 7) is 5.46. The van der Waals surface area contributed by atoms with Crippen LogP contribution in [0, 0.1) is 29.3 Å². The molecule has 1 aromatic carbocycles. The molecule has 2 N–H and O–H groups in total. The molecule has 22 heavy (non-hydrogen) atoms. The minimum atomic E-state index is -1.57. The molecule has 1 rings (SSSR count). The molecule has 1 aromatic rings. The van der Waals surface area contributed by atoms with Gasteiger partial charge in [0.15, 0.2) is 17.5 Å². The molecule has 0 aliphatic carbocycles. The van der Waals surface area contributed by atoms with E-state index in [-0.39, 0.29) is 23.8 Å². The Morgan fingerprint density at radius 2 is 1.77 bits per heavy atom. The second-order valence-electron chi connectivity index (χ2n) is 5.72. The Hall–Kier alpha value is -1.56. The summed E-state index contributed by atoms with van der Waals surface area (Å²) < 4.78 is 39.4. The number of carbonyl (C=O) groups is 1. The predicted molar refractivity (Wildman–Crippen MR) is 77.5 cm³/mol. The molecule has 3 nitrogen and oxygen atoms in total. The fourth-order valence-corrected chi connectivity index (χ4v) is 2.35. The molecule has 0 saturated carbocycles. The molecule has 0 fully saturated rings. The first-order chi connectivity index (χ1) is 10.3. The third-order valence-electron chi connectivity index (χ3n) is 3.84. The SMILES string of the molecule is CCC(CC(=O)NC(CO)c1cc(F)c(F)c(F)c1)C(C)C. The zero-order valence-corrected chi connectivity index (χ0v) is 13.0. The van der Waals surface area contributed by atoms with Gasteiger partial charge in [0.05, 0.1) is 12.6 Å². The summed E-state index contributed by atoms with van der Waals surface area (Å²) in [5.41, 5.74) is -0.00940. The third-order valence-corrected chi connectivity index (χ3v) is 3.84. The van der Waals surface area contributed by atoms with E-state index in [1.54, 1.807) is 0 Å². The number of carbonyl (C=O) groups excluding carboxylic acids is 1. The van der Waals surface area contributed by atoms with Crippen molar-refractivity contribution < 1.29 is 23.1 Å². The van der Waals surface area contributed by atoms with Gasteiger partial charge in [0.25, 0.3) is 0 Å². The van der Waals surface area contributed by atoms with Crippen molar-refractivity contribution in [2.45, 2.75) is 39.7 Å². The van der Waals surface area contributed by atoms with E-state index in [2.05, 4.69) is 5.32 Å². The lowest BCUT2D eigenvalue weighted by Gasteiger charge is -2.21. The van der Waals surface area contributed by atoms with Crippen molar-refractivity contribution in [1.82, 2.24) is 5.32 Å². The van der Waals surface area contributed by atoms with E-state index >= 15 is 0 Å². The van der Waals surface area contributed by atoms with Gasteiger partial charge in [-0.05, 0) is 29.5 Å². The van der Waals surface area contributed by atoms with Crippen LogP contribution in [0.3, 0.4) is 0 Å². The van der Waals surface area contributed by atoms with Gasteiger partial charge in [-0.15, -0.1) is 0 Å². The zero-order chi connectivity index (χ0) is 16.9. The minimum absolute atomic E-state index is 0.00940. The van der Waals surface area contributed by atoms with Crippen molar-refractivity contribution in [3.8, 4) is 0 Å². The van der Waals surface area contributed by atoms with E-state index in [1.165, 1.54) is 0 Å². The van der Waals surface area contributed by atoms with Crippen LogP contribution in [0.15, 0.2) is 12.1 Å². The number of amides is 1. The van der Waals surface area contributed by atoms with Gasteiger partial charge in [-0.25, -0.2) is 13.2 Å². The van der Waals surface area contributed by atoms with Gasteiger partial charge in [-0.2, -0.15) is 0 Å². The van der Waals surface area contributed by atoms with Crippen LogP contribution in [-0.4, -0.2) is 17.6 Å². The highest BCUT2D eigenvalue weighted by Crippen LogP contribution is 2.22. The summed E-state index contributed by atoms with van der Waals surface area (Å²) >= 11 is 0. The number of rotatable bonds is 7. The summed E-state index contributed by atoms with van der Waals surface area (Å²) in [5, 5.41) is 11.9. The number of halogens is 3. The Kier molecular flexibility index (Phi) is 6.87. The van der Waals surface area contributed by atoms with Gasteiger partial charge in [-0.3, -0.25) is 4.79 Å². The molecule has 6 heteroatoms. The molecule has 0 heterocycles. The standard InChI is InChI=1S/C16H22F3NO2/c1-4-10(9(2)3)7-15(22)20-14(8-21)11-5-12(17)16(19)13(18)6-11/h5-6,9-10,14,21H,4,7-8H2,1-3H3,(H,20,22). The van der Waals surface area contributed by atoms with E-state index in [0.717, 1.165) is 18.6 Å². The highest BCUT2D eigenvalue weighted by molar-refractivity contribution is 5.76. The Morgan fingerprint density at radius 3 is 2.18 bits per heavy atom. The first-order valence-corrected chi connectivity index (χ1v) is 7.34. The Bertz CT molecular complexity index is 497. The Labute approximate surface area is 128 Å². The third kappa shape index (κ3) is 4.73. The lowest BCUT2D eigenvalue weighted by molar-refractivity contribution is -0.123. The van der Waals surface area contributed by atoms with Crippen LogP contribution in [0.2, 0.25) is 0 Å². The van der Waals surface area contributed by atoms with Crippen LogP contribution in [0.4, 0.5) is 13.2 Å². The smallest absolute Gasteiger partial charge is 0.220 e. The molecule has 0 radical (unpaired) electrons. The van der Waals surface area contributed by atoms with E-state index in [0.29, 0.717) is 5.92 Å². The molecule has 0 aliphatic heterocycles. The summed E-state index contributed by atoms with van der Waals surface area (Å²) in [4.78, 5) is 12.0. The summed E-state index contributed by atoms with van der Waals surface area (Å²) in [6, 6.07) is 0.584. The van der Waals surface area contributed by atoms with Gasteiger partial charge in [0, 0.05) is 6.42 Å². The van der Waals surface area contributed by atoms with Gasteiger partial charge in [0.2, 0.25) is 5.91 Å². The van der Waals surface area contributed by atoms with E-state index in [1.807, 2.05) is 20.8 Å². The highest BCUT2D eigenvalue weighted by atomic mass is 19.2. The van der Waals surface area contributed by atoms with Crippen molar-refractivity contribution >= 4 is 5.91 Å². The van der Waals surface area contributed by atoms with Crippen LogP contribution >= 0.6 is 0 Å². The lowest BCUT2D eigenvalue weighted by atomic mass is 9.90. The molecule has 0 bridgehead atoms. The quantitative estimate of drug-likeness (QED) is 0.758. The average Bonchev–Trinajstić information content (AvgIpc) is 2.46. The van der Waals surface area contributed by atoms with Crippen molar-refractivity contribution in [3.63, 3.8) is 0 Å². The molecule has 2 atom stereocenters. The number of aliphatic hydroxyl groups excluding tert-OH is 1. The maximum Gasteiger partial charge on any atom is 0.220 e. The van der Waals surface area contributed by atoms with Gasteiger partial charge >= 0.3 is 0 Å². The molecule has 2 unspecified atom stereocenters. The molecule has 0 aromatic heterocycles. The monoisotopic (exact) mass is 317 g/mol. The van der Waals surface area contributed by atoms with Crippen LogP contribution < -0.4 is 5.32 Å². The second-order valence-corrected chi connectivity index (χ2v) is 5.72. The van der Waals surface area contributed by atoms with Crippen molar-refractivity contribution in [2.24, 2.45) is 11.8 Å². The summed E-state index contributed by atoms with van der Waals surface area (Å²) in [7, 11) is 0. The Balaban J connectivity index is 2.83. The topological polar surface area (TPSA) is 49.3 Å². The summed E-state index contributed by atoms with van der Waals surface area (Å²) in [6.07, 6.45) is 1.09. The molecule has 0 spiro atoms. The largest absolute Gasteiger partial charge is 0.394 e. The normalized spacial score (nSPS) is 14.0. The molecule has 0 saturated heterocycles. The van der Waals surface area contributed by atoms with E-state index in [9.17, 15) is 23.1 Å². The van der Waals surface area contributed by atoms with Crippen LogP contribution in [0.1, 0.15) is 45.2 Å². The maximum atomic E-state index is 13.2. The number of nitrogens with one attached hydrogen (secondary N) is 1. The van der Waals surface area contributed by atoms with E-state index in [4.69, 9.17) is 0 Å². The van der Waals surface area contributed by atoms with Crippen molar-refractivity contribution in [2.75, 3.05) is 6.61 Å². The average molecular weight is 317 g/mol. The minimum Gasteiger partial charge on any atom is -0.394 e. The predicted octanol–water partition coefficient (Wildman–Crippen LogP) is 3.33. The number of hydrogen-bond donors (Lipinski definition) is 2. The summed E-state index contributed by atoms with van der Waals surface area (Å²) in [5.74, 6) is -4.08. The van der Waals surface area contributed by atoms with Crippen molar-refractivity contribution in [3.05, 3.63) is 35.1 Å². The number of benzene rings is 1. The maximum absolute atomic E-state index is 13.2. The lowest BCUT2D eigenvalue weighted by Crippen LogP contribution is -2.33. The number of hydrogen-bond acceptors (Lipinski definition) is 2. The highest BCUT2D eigenvalue weighted by Gasteiger charge is 2.21. The Morgan fingerprint density at radius 1 is 1.23 bits per heavy atom. The first kappa shape index (κ1) is 18.5. The fraction of sp³-hybridized carbons (Fsp3) is 0.562. The van der Waals surface area contributed by atoms with Gasteiger partial charge in [0.1, 0.15) is 0 Å². The van der Waals surface area contributed by atoms with Crippen LogP contribution in [0.5, 0.6) is 0 Å². The molecule has 0 aliphatic rings. The number of aliphatic hydroxyl groups is 1. The molecular weight excluding hydrogens is 295 g/mol. The van der Waals surface area contributed by atoms with Gasteiger partial charge in [-0.1, -0.05) is 27.2 Å². The van der Waals surface area contributed by atoms with Crippen LogP contribution in [0.25, 0.3) is 0 Å². The van der Waals surface area contributed by atoms with Gasteiger partial charge < -0.3 is 10.4 Å².